The quantitative estimate of drug-likeness (QED) is 0.841. The van der Waals surface area contributed by atoms with Gasteiger partial charge in [-0.05, 0) is 44.1 Å². The van der Waals surface area contributed by atoms with Crippen LogP contribution in [0.5, 0.6) is 0 Å². The van der Waals surface area contributed by atoms with Crippen molar-refractivity contribution in [2.24, 2.45) is 0 Å². The highest BCUT2D eigenvalue weighted by Gasteiger charge is 2.21. The van der Waals surface area contributed by atoms with Gasteiger partial charge in [-0.15, -0.1) is 11.3 Å². The summed E-state index contributed by atoms with van der Waals surface area (Å²) in [7, 11) is 0. The smallest absolute Gasteiger partial charge is 0.106 e. The molecule has 5 heteroatoms. The molecule has 102 valence electrons. The molecule has 1 aromatic carbocycles. The second-order valence-electron chi connectivity index (χ2n) is 5.08. The number of fused-ring (bicyclic) bond motifs is 1. The molecule has 19 heavy (non-hydrogen) atoms. The third-order valence-corrected chi connectivity index (χ3v) is 5.84. The molecule has 1 saturated carbocycles. The summed E-state index contributed by atoms with van der Waals surface area (Å²) in [4.78, 5) is 4.35. The van der Waals surface area contributed by atoms with Crippen molar-refractivity contribution in [3.05, 3.63) is 17.6 Å². The first-order valence-electron chi connectivity index (χ1n) is 6.69. The molecule has 0 saturated heterocycles. The summed E-state index contributed by atoms with van der Waals surface area (Å²) in [6.45, 7) is 0. The summed E-state index contributed by atoms with van der Waals surface area (Å²) in [6.07, 6.45) is 7.29. The first kappa shape index (κ1) is 13.1. The molecule has 1 aliphatic rings. The Labute approximate surface area is 122 Å². The van der Waals surface area contributed by atoms with E-state index in [2.05, 4.69) is 28.7 Å². The van der Waals surface area contributed by atoms with Crippen LogP contribution in [0.3, 0.4) is 0 Å². The van der Waals surface area contributed by atoms with E-state index in [0.29, 0.717) is 6.04 Å². The minimum atomic E-state index is 0.557. The molecule has 0 spiro atoms. The maximum atomic E-state index is 6.21. The van der Waals surface area contributed by atoms with Crippen LogP contribution in [0.2, 0.25) is 0 Å². The molecule has 3 rings (SSSR count). The van der Waals surface area contributed by atoms with Crippen molar-refractivity contribution >= 4 is 44.7 Å². The molecule has 1 aliphatic carbocycles. The highest BCUT2D eigenvalue weighted by atomic mass is 32.2. The molecule has 3 nitrogen and oxygen atoms in total. The number of benzene rings is 1. The molecular weight excluding hydrogens is 274 g/mol. The molecular formula is C14H19N3S2. The van der Waals surface area contributed by atoms with Crippen LogP contribution in [0.4, 0.5) is 11.4 Å². The van der Waals surface area contributed by atoms with Gasteiger partial charge in [0.2, 0.25) is 0 Å². The fraction of sp³-hybridized carbons (Fsp3) is 0.500. The van der Waals surface area contributed by atoms with Crippen LogP contribution >= 0.6 is 23.1 Å². The Hall–Kier alpha value is -0.940. The standard InChI is InChI=1S/C14H19N3S2/c1-18-10-4-2-9(3-5-10)17-11-6-7-12-14(13(11)15)16-8-19-12/h6-10,17H,2-5,15H2,1H3. The number of rotatable bonds is 3. The Morgan fingerprint density at radius 2 is 2.11 bits per heavy atom. The van der Waals surface area contributed by atoms with E-state index in [4.69, 9.17) is 5.73 Å². The van der Waals surface area contributed by atoms with Crippen molar-refractivity contribution in [1.82, 2.24) is 4.98 Å². The minimum Gasteiger partial charge on any atom is -0.395 e. The van der Waals surface area contributed by atoms with Gasteiger partial charge >= 0.3 is 0 Å². The van der Waals surface area contributed by atoms with Crippen LogP contribution in [0.25, 0.3) is 10.2 Å². The van der Waals surface area contributed by atoms with Crippen molar-refractivity contribution in [1.29, 1.82) is 0 Å². The van der Waals surface area contributed by atoms with E-state index >= 15 is 0 Å². The zero-order valence-electron chi connectivity index (χ0n) is 11.1. The fourth-order valence-corrected chi connectivity index (χ4v) is 4.18. The molecule has 0 atom stereocenters. The SMILES string of the molecule is CSC1CCC(Nc2ccc3scnc3c2N)CC1. The topological polar surface area (TPSA) is 50.9 Å². The number of nitrogens with zero attached hydrogens (tertiary/aromatic N) is 1. The number of nitrogen functional groups attached to an aromatic ring is 1. The normalized spacial score (nSPS) is 23.6. The van der Waals surface area contributed by atoms with Gasteiger partial charge in [0.25, 0.3) is 0 Å². The molecule has 0 radical (unpaired) electrons. The summed E-state index contributed by atoms with van der Waals surface area (Å²) in [5, 5.41) is 4.45. The van der Waals surface area contributed by atoms with E-state index in [-0.39, 0.29) is 0 Å². The summed E-state index contributed by atoms with van der Waals surface area (Å²) >= 11 is 3.64. The molecule has 3 N–H and O–H groups in total. The number of nitrogens with two attached hydrogens (primary N) is 1. The summed E-state index contributed by atoms with van der Waals surface area (Å²) in [6, 6.07) is 4.76. The number of anilines is 2. The first-order valence-corrected chi connectivity index (χ1v) is 8.85. The highest BCUT2D eigenvalue weighted by molar-refractivity contribution is 7.99. The molecule has 2 aromatic rings. The van der Waals surface area contributed by atoms with E-state index in [1.807, 2.05) is 17.3 Å². The Bertz CT molecular complexity index is 559. The van der Waals surface area contributed by atoms with Crippen molar-refractivity contribution in [3.8, 4) is 0 Å². The van der Waals surface area contributed by atoms with Gasteiger partial charge in [0.1, 0.15) is 5.52 Å². The van der Waals surface area contributed by atoms with Crippen molar-refractivity contribution in [2.45, 2.75) is 37.0 Å². The Morgan fingerprint density at radius 3 is 2.84 bits per heavy atom. The number of hydrogen-bond donors (Lipinski definition) is 2. The van der Waals surface area contributed by atoms with Crippen LogP contribution < -0.4 is 11.1 Å². The fourth-order valence-electron chi connectivity index (χ4n) is 2.74. The van der Waals surface area contributed by atoms with E-state index in [0.717, 1.165) is 26.8 Å². The number of thioether (sulfide) groups is 1. The minimum absolute atomic E-state index is 0.557. The van der Waals surface area contributed by atoms with Crippen LogP contribution in [-0.2, 0) is 0 Å². The molecule has 0 aliphatic heterocycles. The second-order valence-corrected chi connectivity index (χ2v) is 7.10. The van der Waals surface area contributed by atoms with Crippen LogP contribution in [0, 0.1) is 0 Å². The van der Waals surface area contributed by atoms with E-state index in [1.165, 1.54) is 25.7 Å². The molecule has 0 amide bonds. The van der Waals surface area contributed by atoms with Gasteiger partial charge in [0.15, 0.2) is 0 Å². The first-order chi connectivity index (χ1) is 9.28. The van der Waals surface area contributed by atoms with Crippen molar-refractivity contribution in [3.63, 3.8) is 0 Å². The van der Waals surface area contributed by atoms with E-state index in [9.17, 15) is 0 Å². The maximum absolute atomic E-state index is 6.21. The molecule has 1 aromatic heterocycles. The predicted octanol–water partition coefficient (Wildman–Crippen LogP) is 3.96. The van der Waals surface area contributed by atoms with Gasteiger partial charge in [0.05, 0.1) is 21.6 Å². The number of aromatic nitrogens is 1. The lowest BCUT2D eigenvalue weighted by Gasteiger charge is -2.29. The lowest BCUT2D eigenvalue weighted by molar-refractivity contribution is 0.473. The Morgan fingerprint density at radius 1 is 1.32 bits per heavy atom. The predicted molar refractivity (Wildman–Crippen MR) is 87.2 cm³/mol. The Kier molecular flexibility index (Phi) is 3.84. The van der Waals surface area contributed by atoms with Gasteiger partial charge in [-0.1, -0.05) is 0 Å². The zero-order chi connectivity index (χ0) is 13.2. The van der Waals surface area contributed by atoms with Gasteiger partial charge < -0.3 is 11.1 Å². The van der Waals surface area contributed by atoms with Gasteiger partial charge in [-0.25, -0.2) is 4.98 Å². The summed E-state index contributed by atoms with van der Waals surface area (Å²) in [5.41, 5.74) is 10.8. The van der Waals surface area contributed by atoms with Gasteiger partial charge in [-0.3, -0.25) is 0 Å². The average molecular weight is 293 g/mol. The third kappa shape index (κ3) is 2.67. The lowest BCUT2D eigenvalue weighted by Crippen LogP contribution is -2.27. The lowest BCUT2D eigenvalue weighted by atomic mass is 9.94. The summed E-state index contributed by atoms with van der Waals surface area (Å²) in [5.74, 6) is 0. The van der Waals surface area contributed by atoms with Crippen LogP contribution in [0.1, 0.15) is 25.7 Å². The number of thiazole rings is 1. The maximum Gasteiger partial charge on any atom is 0.106 e. The number of hydrogen-bond acceptors (Lipinski definition) is 5. The third-order valence-electron chi connectivity index (χ3n) is 3.91. The number of nitrogens with one attached hydrogen (secondary N) is 1. The van der Waals surface area contributed by atoms with Crippen LogP contribution in [-0.4, -0.2) is 22.5 Å². The average Bonchev–Trinajstić information content (AvgIpc) is 2.92. The van der Waals surface area contributed by atoms with Crippen molar-refractivity contribution < 1.29 is 0 Å². The zero-order valence-corrected chi connectivity index (χ0v) is 12.7. The largest absolute Gasteiger partial charge is 0.395 e. The van der Waals surface area contributed by atoms with Crippen molar-refractivity contribution in [2.75, 3.05) is 17.3 Å². The summed E-state index contributed by atoms with van der Waals surface area (Å²) < 4.78 is 1.16. The van der Waals surface area contributed by atoms with E-state index < -0.39 is 0 Å². The molecule has 1 heterocycles. The van der Waals surface area contributed by atoms with Gasteiger partial charge in [0, 0.05) is 11.3 Å². The highest BCUT2D eigenvalue weighted by Crippen LogP contribution is 2.33. The molecule has 1 fully saturated rings. The second kappa shape index (κ2) is 5.59. The van der Waals surface area contributed by atoms with Gasteiger partial charge in [-0.2, -0.15) is 11.8 Å². The Balaban J connectivity index is 1.73. The monoisotopic (exact) mass is 293 g/mol. The molecule has 0 unspecified atom stereocenters. The van der Waals surface area contributed by atoms with E-state index in [1.54, 1.807) is 11.3 Å². The molecule has 0 bridgehead atoms. The van der Waals surface area contributed by atoms with Crippen LogP contribution in [0.15, 0.2) is 17.6 Å².